The first-order valence-corrected chi connectivity index (χ1v) is 14.7. The predicted octanol–water partition coefficient (Wildman–Crippen LogP) is 5.18. The molecule has 0 aliphatic heterocycles. The van der Waals surface area contributed by atoms with Gasteiger partial charge in [0, 0.05) is 13.1 Å². The highest BCUT2D eigenvalue weighted by atomic mass is 32.2. The van der Waals surface area contributed by atoms with Gasteiger partial charge in [0.05, 0.1) is 10.6 Å². The number of carbonyl (C=O) groups is 2. The van der Waals surface area contributed by atoms with Crippen LogP contribution in [0.3, 0.4) is 0 Å². The van der Waals surface area contributed by atoms with Crippen molar-refractivity contribution in [1.82, 2.24) is 10.2 Å². The standard InChI is InChI=1S/C31H39N3O4S/c1-7-32-31(36)25(6)33(20-27-11-9-8-10-24(27)5)30(35)21-34(28-16-14-26(15-17-28)22(2)3)39(37,38)29-18-12-23(4)13-19-29/h8-19,22,25H,7,20-21H2,1-6H3,(H,32,36)/t25-/m1/s1. The largest absolute Gasteiger partial charge is 0.355 e. The number of rotatable bonds is 11. The Bertz CT molecular complexity index is 1380. The highest BCUT2D eigenvalue weighted by Crippen LogP contribution is 2.27. The monoisotopic (exact) mass is 549 g/mol. The Labute approximate surface area is 232 Å². The molecular weight excluding hydrogens is 510 g/mol. The normalized spacial score (nSPS) is 12.2. The SMILES string of the molecule is CCNC(=O)[C@@H](C)N(Cc1ccccc1C)C(=O)CN(c1ccc(C(C)C)cc1)S(=O)(=O)c1ccc(C)cc1. The fourth-order valence-electron chi connectivity index (χ4n) is 4.27. The average molecular weight is 550 g/mol. The van der Waals surface area contributed by atoms with Crippen LogP contribution in [0.2, 0.25) is 0 Å². The van der Waals surface area contributed by atoms with Gasteiger partial charge in [-0.05, 0) is 74.6 Å². The van der Waals surface area contributed by atoms with Gasteiger partial charge in [0.2, 0.25) is 11.8 Å². The minimum Gasteiger partial charge on any atom is -0.355 e. The number of benzene rings is 3. The van der Waals surface area contributed by atoms with Gasteiger partial charge in [-0.25, -0.2) is 8.42 Å². The number of sulfonamides is 1. The molecule has 0 bridgehead atoms. The first-order chi connectivity index (χ1) is 18.4. The maximum atomic E-state index is 13.9. The Morgan fingerprint density at radius 2 is 1.49 bits per heavy atom. The fraction of sp³-hybridized carbons (Fsp3) is 0.355. The molecule has 0 aromatic heterocycles. The number of hydrogen-bond donors (Lipinski definition) is 1. The molecule has 2 amide bonds. The molecule has 39 heavy (non-hydrogen) atoms. The van der Waals surface area contributed by atoms with Gasteiger partial charge in [-0.3, -0.25) is 13.9 Å². The average Bonchev–Trinajstić information content (AvgIpc) is 2.91. The van der Waals surface area contributed by atoms with E-state index in [4.69, 9.17) is 0 Å². The third-order valence-corrected chi connectivity index (χ3v) is 8.64. The molecule has 0 heterocycles. The second-order valence-corrected chi connectivity index (χ2v) is 12.0. The molecular formula is C31H39N3O4S. The van der Waals surface area contributed by atoms with Crippen molar-refractivity contribution in [3.05, 3.63) is 95.1 Å². The molecule has 0 saturated heterocycles. The Kier molecular flexibility index (Phi) is 9.92. The van der Waals surface area contributed by atoms with E-state index in [2.05, 4.69) is 19.2 Å². The third-order valence-electron chi connectivity index (χ3n) is 6.86. The highest BCUT2D eigenvalue weighted by Gasteiger charge is 2.32. The summed E-state index contributed by atoms with van der Waals surface area (Å²) < 4.78 is 29.0. The van der Waals surface area contributed by atoms with Crippen LogP contribution in [0.4, 0.5) is 5.69 Å². The summed E-state index contributed by atoms with van der Waals surface area (Å²) in [7, 11) is -4.08. The Hall–Kier alpha value is -3.65. The van der Waals surface area contributed by atoms with Crippen LogP contribution in [0.15, 0.2) is 77.7 Å². The lowest BCUT2D eigenvalue weighted by molar-refractivity contribution is -0.139. The van der Waals surface area contributed by atoms with Crippen LogP contribution in [0.1, 0.15) is 55.9 Å². The van der Waals surface area contributed by atoms with Gasteiger partial charge >= 0.3 is 0 Å². The van der Waals surface area contributed by atoms with Gasteiger partial charge in [-0.1, -0.05) is 67.9 Å². The predicted molar refractivity (Wildman–Crippen MR) is 156 cm³/mol. The van der Waals surface area contributed by atoms with Crippen molar-refractivity contribution in [1.29, 1.82) is 0 Å². The summed E-state index contributed by atoms with van der Waals surface area (Å²) in [6, 6.07) is 20.6. The van der Waals surface area contributed by atoms with Crippen LogP contribution in [-0.4, -0.2) is 44.3 Å². The van der Waals surface area contributed by atoms with Crippen molar-refractivity contribution in [2.75, 3.05) is 17.4 Å². The number of anilines is 1. The second kappa shape index (κ2) is 12.9. The van der Waals surface area contributed by atoms with Gasteiger partial charge < -0.3 is 10.2 Å². The zero-order valence-corrected chi connectivity index (χ0v) is 24.5. The summed E-state index contributed by atoms with van der Waals surface area (Å²) in [5.74, 6) is -0.500. The number of likely N-dealkylation sites (N-methyl/N-ethyl adjacent to an activating group) is 1. The topological polar surface area (TPSA) is 86.8 Å². The summed E-state index contributed by atoms with van der Waals surface area (Å²) in [6.07, 6.45) is 0. The van der Waals surface area contributed by atoms with E-state index in [0.29, 0.717) is 12.2 Å². The third kappa shape index (κ3) is 7.26. The molecule has 7 nitrogen and oxygen atoms in total. The highest BCUT2D eigenvalue weighted by molar-refractivity contribution is 7.92. The molecule has 0 spiro atoms. The molecule has 0 radical (unpaired) electrons. The molecule has 208 valence electrons. The number of hydrogen-bond acceptors (Lipinski definition) is 4. The molecule has 8 heteroatoms. The minimum absolute atomic E-state index is 0.0936. The van der Waals surface area contributed by atoms with E-state index in [1.807, 2.05) is 57.2 Å². The number of nitrogens with zero attached hydrogens (tertiary/aromatic N) is 2. The molecule has 3 aromatic carbocycles. The van der Waals surface area contributed by atoms with Crippen molar-refractivity contribution in [2.24, 2.45) is 0 Å². The smallest absolute Gasteiger partial charge is 0.264 e. The fourth-order valence-corrected chi connectivity index (χ4v) is 5.68. The lowest BCUT2D eigenvalue weighted by Gasteiger charge is -2.32. The van der Waals surface area contributed by atoms with Gasteiger partial charge in [0.15, 0.2) is 0 Å². The van der Waals surface area contributed by atoms with Crippen molar-refractivity contribution >= 4 is 27.5 Å². The van der Waals surface area contributed by atoms with E-state index in [1.54, 1.807) is 43.3 Å². The van der Waals surface area contributed by atoms with Gasteiger partial charge in [0.1, 0.15) is 12.6 Å². The molecule has 3 aromatic rings. The molecule has 0 aliphatic rings. The van der Waals surface area contributed by atoms with E-state index < -0.39 is 28.5 Å². The molecule has 1 atom stereocenters. The maximum Gasteiger partial charge on any atom is 0.264 e. The minimum atomic E-state index is -4.08. The van der Waals surface area contributed by atoms with E-state index in [-0.39, 0.29) is 23.3 Å². The Morgan fingerprint density at radius 3 is 2.05 bits per heavy atom. The molecule has 0 unspecified atom stereocenters. The molecule has 0 saturated carbocycles. The van der Waals surface area contributed by atoms with E-state index >= 15 is 0 Å². The lowest BCUT2D eigenvalue weighted by atomic mass is 10.0. The number of nitrogens with one attached hydrogen (secondary N) is 1. The van der Waals surface area contributed by atoms with Gasteiger partial charge in [-0.15, -0.1) is 0 Å². The molecule has 1 N–H and O–H groups in total. The van der Waals surface area contributed by atoms with E-state index in [0.717, 1.165) is 26.6 Å². The number of amides is 2. The van der Waals surface area contributed by atoms with Crippen LogP contribution < -0.4 is 9.62 Å². The van der Waals surface area contributed by atoms with Crippen molar-refractivity contribution in [3.63, 3.8) is 0 Å². The second-order valence-electron chi connectivity index (χ2n) is 10.1. The van der Waals surface area contributed by atoms with Crippen molar-refractivity contribution in [2.45, 2.75) is 64.9 Å². The summed E-state index contributed by atoms with van der Waals surface area (Å²) in [4.78, 5) is 28.3. The first-order valence-electron chi connectivity index (χ1n) is 13.3. The van der Waals surface area contributed by atoms with E-state index in [9.17, 15) is 18.0 Å². The first kappa shape index (κ1) is 29.9. The summed E-state index contributed by atoms with van der Waals surface area (Å²) in [5.41, 5.74) is 4.24. The molecule has 0 aliphatic carbocycles. The summed E-state index contributed by atoms with van der Waals surface area (Å²) >= 11 is 0. The Balaban J connectivity index is 2.05. The van der Waals surface area contributed by atoms with Gasteiger partial charge in [-0.2, -0.15) is 0 Å². The molecule has 3 rings (SSSR count). The quantitative estimate of drug-likeness (QED) is 0.357. The van der Waals surface area contributed by atoms with Crippen molar-refractivity contribution < 1.29 is 18.0 Å². The lowest BCUT2D eigenvalue weighted by Crippen LogP contribution is -2.51. The van der Waals surface area contributed by atoms with Crippen LogP contribution >= 0.6 is 0 Å². The zero-order chi connectivity index (χ0) is 28.7. The number of carbonyl (C=O) groups excluding carboxylic acids is 2. The summed E-state index contributed by atoms with van der Waals surface area (Å²) in [6.45, 7) is 11.6. The molecule has 0 fully saturated rings. The van der Waals surface area contributed by atoms with Crippen LogP contribution in [-0.2, 0) is 26.2 Å². The van der Waals surface area contributed by atoms with E-state index in [1.165, 1.54) is 4.90 Å². The number of aryl methyl sites for hydroxylation is 2. The Morgan fingerprint density at radius 1 is 0.872 bits per heavy atom. The maximum absolute atomic E-state index is 13.9. The summed E-state index contributed by atoms with van der Waals surface area (Å²) in [5, 5.41) is 2.78. The van der Waals surface area contributed by atoms with Crippen molar-refractivity contribution in [3.8, 4) is 0 Å². The van der Waals surface area contributed by atoms with Crippen LogP contribution in [0.25, 0.3) is 0 Å². The van der Waals surface area contributed by atoms with Crippen LogP contribution in [0, 0.1) is 13.8 Å². The zero-order valence-electron chi connectivity index (χ0n) is 23.6. The van der Waals surface area contributed by atoms with Gasteiger partial charge in [0.25, 0.3) is 10.0 Å². The van der Waals surface area contributed by atoms with Crippen LogP contribution in [0.5, 0.6) is 0 Å².